The van der Waals surface area contributed by atoms with Gasteiger partial charge in [0.25, 0.3) is 0 Å². The lowest BCUT2D eigenvalue weighted by atomic mass is 9.84. The molecule has 0 aromatic carbocycles. The van der Waals surface area contributed by atoms with Gasteiger partial charge in [0.1, 0.15) is 5.82 Å². The van der Waals surface area contributed by atoms with Crippen LogP contribution >= 0.6 is 11.6 Å². The molecule has 1 aromatic heterocycles. The van der Waals surface area contributed by atoms with Gasteiger partial charge in [-0.2, -0.15) is 0 Å². The number of rotatable bonds is 3. The van der Waals surface area contributed by atoms with Crippen molar-refractivity contribution in [2.45, 2.75) is 37.5 Å². The van der Waals surface area contributed by atoms with Crippen LogP contribution in [0.5, 0.6) is 0 Å². The molecule has 1 aromatic rings. The summed E-state index contributed by atoms with van der Waals surface area (Å²) in [6.45, 7) is 1.09. The molecule has 0 saturated heterocycles. The average molecular weight is 251 g/mol. The Kier molecular flexibility index (Phi) is 2.99. The van der Waals surface area contributed by atoms with Crippen molar-refractivity contribution in [3.8, 4) is 0 Å². The first-order chi connectivity index (χ1) is 8.22. The maximum Gasteiger partial charge on any atom is 0.128 e. The van der Waals surface area contributed by atoms with Gasteiger partial charge in [-0.1, -0.05) is 6.07 Å². The number of aryl methyl sites for hydroxylation is 2. The maximum atomic E-state index is 6.02. The molecule has 0 unspecified atom stereocenters. The number of hydrogen-bond donors (Lipinski definition) is 0. The number of pyridine rings is 1. The lowest BCUT2D eigenvalue weighted by molar-refractivity contribution is 0.328. The molecule has 3 rings (SSSR count). The van der Waals surface area contributed by atoms with Crippen LogP contribution in [0.3, 0.4) is 0 Å². The number of halogens is 1. The minimum atomic E-state index is 0.418. The Morgan fingerprint density at radius 3 is 2.94 bits per heavy atom. The van der Waals surface area contributed by atoms with Crippen molar-refractivity contribution in [2.24, 2.45) is 5.92 Å². The Hall–Kier alpha value is -0.760. The topological polar surface area (TPSA) is 16.1 Å². The Bertz CT molecular complexity index is 413. The summed E-state index contributed by atoms with van der Waals surface area (Å²) in [6.07, 6.45) is 5.97. The highest BCUT2D eigenvalue weighted by molar-refractivity contribution is 6.21. The third-order valence-corrected chi connectivity index (χ3v) is 4.37. The van der Waals surface area contributed by atoms with Crippen molar-refractivity contribution in [3.63, 3.8) is 0 Å². The molecular formula is C14H19ClN2. The number of alkyl halides is 1. The summed E-state index contributed by atoms with van der Waals surface area (Å²) in [5.41, 5.74) is 2.77. The fourth-order valence-electron chi connectivity index (χ4n) is 2.91. The van der Waals surface area contributed by atoms with Gasteiger partial charge in [0.15, 0.2) is 0 Å². The van der Waals surface area contributed by atoms with Gasteiger partial charge in [0.05, 0.1) is 0 Å². The van der Waals surface area contributed by atoms with Crippen LogP contribution in [0, 0.1) is 5.92 Å². The van der Waals surface area contributed by atoms with E-state index in [0.29, 0.717) is 5.38 Å². The predicted molar refractivity (Wildman–Crippen MR) is 71.9 cm³/mol. The zero-order valence-corrected chi connectivity index (χ0v) is 11.1. The first-order valence-corrected chi connectivity index (χ1v) is 7.00. The second-order valence-electron chi connectivity index (χ2n) is 5.44. The summed E-state index contributed by atoms with van der Waals surface area (Å²) in [6, 6.07) is 4.42. The summed E-state index contributed by atoms with van der Waals surface area (Å²) < 4.78 is 0. The zero-order valence-electron chi connectivity index (χ0n) is 10.3. The fourth-order valence-corrected chi connectivity index (χ4v) is 3.41. The molecule has 3 heteroatoms. The second kappa shape index (κ2) is 4.49. The molecule has 0 atom stereocenters. The standard InChI is InChI=1S/C14H19ClN2/c1-17(9-10-7-12(15)8-10)14-6-5-11-3-2-4-13(11)16-14/h5-6,10,12H,2-4,7-9H2,1H3. The molecule has 0 spiro atoms. The van der Waals surface area contributed by atoms with Gasteiger partial charge in [0.2, 0.25) is 0 Å². The summed E-state index contributed by atoms with van der Waals surface area (Å²) in [4.78, 5) is 7.06. The Balaban J connectivity index is 1.67. The van der Waals surface area contributed by atoms with Crippen molar-refractivity contribution < 1.29 is 0 Å². The summed E-state index contributed by atoms with van der Waals surface area (Å²) in [5, 5.41) is 0.418. The summed E-state index contributed by atoms with van der Waals surface area (Å²) in [5.74, 6) is 1.89. The van der Waals surface area contributed by atoms with Crippen molar-refractivity contribution in [1.82, 2.24) is 4.98 Å². The average Bonchev–Trinajstić information content (AvgIpc) is 2.73. The van der Waals surface area contributed by atoms with E-state index in [4.69, 9.17) is 16.6 Å². The number of aromatic nitrogens is 1. The van der Waals surface area contributed by atoms with E-state index in [1.54, 1.807) is 0 Å². The summed E-state index contributed by atoms with van der Waals surface area (Å²) in [7, 11) is 2.14. The number of fused-ring (bicyclic) bond motifs is 1. The molecule has 0 N–H and O–H groups in total. The highest BCUT2D eigenvalue weighted by Gasteiger charge is 2.28. The van der Waals surface area contributed by atoms with E-state index >= 15 is 0 Å². The molecule has 1 heterocycles. The molecule has 0 aliphatic heterocycles. The van der Waals surface area contributed by atoms with E-state index in [9.17, 15) is 0 Å². The monoisotopic (exact) mass is 250 g/mol. The molecule has 1 fully saturated rings. The van der Waals surface area contributed by atoms with Gasteiger partial charge < -0.3 is 4.90 Å². The van der Waals surface area contributed by atoms with E-state index in [0.717, 1.165) is 37.5 Å². The SMILES string of the molecule is CN(CC1CC(Cl)C1)c1ccc2c(n1)CCC2. The Labute approximate surface area is 108 Å². The lowest BCUT2D eigenvalue weighted by Gasteiger charge is -2.34. The fraction of sp³-hybridized carbons (Fsp3) is 0.643. The van der Waals surface area contributed by atoms with Crippen LogP contribution in [0.25, 0.3) is 0 Å². The van der Waals surface area contributed by atoms with E-state index < -0.39 is 0 Å². The second-order valence-corrected chi connectivity index (χ2v) is 6.06. The van der Waals surface area contributed by atoms with Crippen LogP contribution in [0.2, 0.25) is 0 Å². The normalized spacial score (nSPS) is 26.5. The highest BCUT2D eigenvalue weighted by atomic mass is 35.5. The van der Waals surface area contributed by atoms with Gasteiger partial charge in [-0.3, -0.25) is 0 Å². The third-order valence-electron chi connectivity index (χ3n) is 4.01. The van der Waals surface area contributed by atoms with Crippen LogP contribution in [-0.4, -0.2) is 24.0 Å². The molecular weight excluding hydrogens is 232 g/mol. The minimum Gasteiger partial charge on any atom is -0.359 e. The number of hydrogen-bond acceptors (Lipinski definition) is 2. The van der Waals surface area contributed by atoms with E-state index in [1.165, 1.54) is 24.1 Å². The molecule has 2 aliphatic rings. The number of nitrogens with zero attached hydrogens (tertiary/aromatic N) is 2. The summed E-state index contributed by atoms with van der Waals surface area (Å²) >= 11 is 6.02. The molecule has 17 heavy (non-hydrogen) atoms. The zero-order chi connectivity index (χ0) is 11.8. The van der Waals surface area contributed by atoms with Gasteiger partial charge in [0, 0.05) is 24.7 Å². The van der Waals surface area contributed by atoms with Gasteiger partial charge >= 0.3 is 0 Å². The van der Waals surface area contributed by atoms with Crippen molar-refractivity contribution in [3.05, 3.63) is 23.4 Å². The van der Waals surface area contributed by atoms with Crippen molar-refractivity contribution >= 4 is 17.4 Å². The van der Waals surface area contributed by atoms with Crippen LogP contribution < -0.4 is 4.90 Å². The largest absolute Gasteiger partial charge is 0.359 e. The first-order valence-electron chi connectivity index (χ1n) is 6.56. The van der Waals surface area contributed by atoms with Crippen LogP contribution in [-0.2, 0) is 12.8 Å². The quantitative estimate of drug-likeness (QED) is 0.767. The molecule has 2 nitrogen and oxygen atoms in total. The van der Waals surface area contributed by atoms with Crippen LogP contribution in [0.15, 0.2) is 12.1 Å². The first kappa shape index (κ1) is 11.3. The lowest BCUT2D eigenvalue weighted by Crippen LogP contribution is -2.35. The molecule has 1 saturated carbocycles. The molecule has 0 bridgehead atoms. The van der Waals surface area contributed by atoms with E-state index in [-0.39, 0.29) is 0 Å². The Morgan fingerprint density at radius 2 is 2.18 bits per heavy atom. The molecule has 92 valence electrons. The van der Waals surface area contributed by atoms with E-state index in [1.807, 2.05) is 0 Å². The number of anilines is 1. The van der Waals surface area contributed by atoms with Crippen molar-refractivity contribution in [2.75, 3.05) is 18.5 Å². The minimum absolute atomic E-state index is 0.418. The van der Waals surface area contributed by atoms with Crippen LogP contribution in [0.4, 0.5) is 5.82 Å². The predicted octanol–water partition coefficient (Wildman–Crippen LogP) is 3.02. The third kappa shape index (κ3) is 2.28. The van der Waals surface area contributed by atoms with E-state index in [2.05, 4.69) is 24.1 Å². The van der Waals surface area contributed by atoms with Crippen LogP contribution in [0.1, 0.15) is 30.5 Å². The van der Waals surface area contributed by atoms with Gasteiger partial charge in [-0.15, -0.1) is 11.6 Å². The molecule has 0 radical (unpaired) electrons. The maximum absolute atomic E-state index is 6.02. The highest BCUT2D eigenvalue weighted by Crippen LogP contribution is 2.33. The van der Waals surface area contributed by atoms with Gasteiger partial charge in [-0.05, 0) is 49.7 Å². The Morgan fingerprint density at radius 1 is 1.35 bits per heavy atom. The van der Waals surface area contributed by atoms with Crippen molar-refractivity contribution in [1.29, 1.82) is 0 Å². The smallest absolute Gasteiger partial charge is 0.128 e. The molecule has 0 amide bonds. The molecule has 2 aliphatic carbocycles. The van der Waals surface area contributed by atoms with Gasteiger partial charge in [-0.25, -0.2) is 4.98 Å².